The van der Waals surface area contributed by atoms with Crippen LogP contribution in [0, 0.1) is 17.7 Å². The Labute approximate surface area is 240 Å². The van der Waals surface area contributed by atoms with Crippen LogP contribution in [-0.4, -0.2) is 46.0 Å². The molecule has 3 aromatic rings. The Morgan fingerprint density at radius 1 is 1.02 bits per heavy atom. The number of benzene rings is 3. The van der Waals surface area contributed by atoms with E-state index >= 15 is 4.39 Å². The van der Waals surface area contributed by atoms with E-state index in [4.69, 9.17) is 27.9 Å². The Kier molecular flexibility index (Phi) is 7.72. The first-order valence-electron chi connectivity index (χ1n) is 12.8. The smallest absolute Gasteiger partial charge is 0.308 e. The molecule has 40 heavy (non-hydrogen) atoms. The molecule has 2 heterocycles. The zero-order valence-corrected chi connectivity index (χ0v) is 23.0. The van der Waals surface area contributed by atoms with Gasteiger partial charge in [-0.2, -0.15) is 0 Å². The Morgan fingerprint density at radius 2 is 1.60 bits per heavy atom. The van der Waals surface area contributed by atoms with E-state index in [1.165, 1.54) is 37.3 Å². The first-order valence-corrected chi connectivity index (χ1v) is 13.6. The zero-order valence-electron chi connectivity index (χ0n) is 21.4. The van der Waals surface area contributed by atoms with Gasteiger partial charge in [0.25, 0.3) is 5.91 Å². The van der Waals surface area contributed by atoms with Gasteiger partial charge in [0.15, 0.2) is 11.5 Å². The van der Waals surface area contributed by atoms with E-state index in [0.717, 1.165) is 11.0 Å². The van der Waals surface area contributed by atoms with Gasteiger partial charge in [-0.15, -0.1) is 0 Å². The summed E-state index contributed by atoms with van der Waals surface area (Å²) in [6.45, 7) is 2.21. The third-order valence-electron chi connectivity index (χ3n) is 7.71. The van der Waals surface area contributed by atoms with E-state index in [1.54, 1.807) is 24.3 Å². The Bertz CT molecular complexity index is 1470. The number of carboxylic acid groups (broad SMARTS) is 1. The van der Waals surface area contributed by atoms with Crippen LogP contribution in [0.5, 0.6) is 0 Å². The number of carboxylic acids is 1. The fourth-order valence-corrected chi connectivity index (χ4v) is 5.87. The molecule has 0 spiro atoms. The van der Waals surface area contributed by atoms with Crippen LogP contribution in [-0.2, 0) is 15.3 Å². The third kappa shape index (κ3) is 4.79. The van der Waals surface area contributed by atoms with Gasteiger partial charge in [-0.05, 0) is 61.7 Å². The van der Waals surface area contributed by atoms with Gasteiger partial charge in [-0.25, -0.2) is 4.39 Å². The molecule has 208 valence electrons. The molecule has 3 atom stereocenters. The van der Waals surface area contributed by atoms with Gasteiger partial charge in [0.2, 0.25) is 0 Å². The van der Waals surface area contributed by atoms with E-state index in [0.29, 0.717) is 41.7 Å². The lowest BCUT2D eigenvalue weighted by atomic mass is 9.86. The van der Waals surface area contributed by atoms with E-state index < -0.39 is 35.4 Å². The lowest BCUT2D eigenvalue weighted by Gasteiger charge is -2.42. The molecule has 1 fully saturated rings. The summed E-state index contributed by atoms with van der Waals surface area (Å²) in [4.78, 5) is 40.8. The second-order valence-electron chi connectivity index (χ2n) is 10.1. The fourth-order valence-electron chi connectivity index (χ4n) is 5.61. The van der Waals surface area contributed by atoms with Gasteiger partial charge in [0.1, 0.15) is 5.82 Å². The number of Topliss-reactive ketones (excluding diaryl/α,β-unsaturated/α-hetero) is 1. The summed E-state index contributed by atoms with van der Waals surface area (Å²) in [5.41, 5.74) is -2.53. The first-order chi connectivity index (χ1) is 19.0. The topological polar surface area (TPSA) is 104 Å². The molecule has 0 aromatic heterocycles. The summed E-state index contributed by atoms with van der Waals surface area (Å²) in [6.07, 6.45) is 0.947. The summed E-state index contributed by atoms with van der Waals surface area (Å²) in [6, 6.07) is 13.1. The maximum atomic E-state index is 16.1. The molecule has 7 nitrogen and oxygen atoms in total. The molecule has 2 aliphatic heterocycles. The van der Waals surface area contributed by atoms with Crippen molar-refractivity contribution in [3.63, 3.8) is 0 Å². The molecule has 2 N–H and O–H groups in total. The number of amides is 1. The Balaban J connectivity index is 1.73. The van der Waals surface area contributed by atoms with Crippen LogP contribution in [0.3, 0.4) is 0 Å². The Hall–Kier alpha value is -3.30. The number of fused-ring (bicyclic) bond motifs is 1. The number of aliphatic hydroxyl groups is 1. The van der Waals surface area contributed by atoms with Crippen molar-refractivity contribution in [2.24, 2.45) is 11.8 Å². The van der Waals surface area contributed by atoms with Crippen LogP contribution in [0.1, 0.15) is 63.2 Å². The molecule has 0 radical (unpaired) electrons. The highest BCUT2D eigenvalue weighted by atomic mass is 35.5. The standard InChI is InChI=1S/C30H26Cl2FNO6/c1-16(29(37)38)26(17-2-6-21(31)7-3-17)34-28(36)23-14-19(27(35)18-10-12-40-13-11-18)15-24(33)25(23)30(34,39)20-4-8-22(32)9-5-20/h2-9,14-16,18,26,39H,10-13H2,1H3,(H,37,38). The number of nitrogens with zero attached hydrogens (tertiary/aromatic N) is 1. The minimum absolute atomic E-state index is 0.00568. The van der Waals surface area contributed by atoms with Crippen molar-refractivity contribution in [1.82, 2.24) is 4.90 Å². The van der Waals surface area contributed by atoms with Crippen molar-refractivity contribution in [3.8, 4) is 0 Å². The predicted molar refractivity (Wildman–Crippen MR) is 146 cm³/mol. The number of rotatable bonds is 7. The van der Waals surface area contributed by atoms with E-state index in [-0.39, 0.29) is 34.0 Å². The molecule has 1 amide bonds. The normalized spacial score (nSPS) is 20.7. The molecule has 0 bridgehead atoms. The first kappa shape index (κ1) is 28.2. The average molecular weight is 586 g/mol. The monoisotopic (exact) mass is 585 g/mol. The molecule has 0 aliphatic carbocycles. The van der Waals surface area contributed by atoms with Crippen molar-refractivity contribution < 1.29 is 33.7 Å². The average Bonchev–Trinajstić information content (AvgIpc) is 3.17. The number of hydrogen-bond donors (Lipinski definition) is 2. The van der Waals surface area contributed by atoms with Crippen LogP contribution in [0.25, 0.3) is 0 Å². The number of carbonyl (C=O) groups excluding carboxylic acids is 2. The zero-order chi connectivity index (χ0) is 28.8. The van der Waals surface area contributed by atoms with Gasteiger partial charge < -0.3 is 14.9 Å². The van der Waals surface area contributed by atoms with Crippen molar-refractivity contribution in [1.29, 1.82) is 0 Å². The van der Waals surface area contributed by atoms with Crippen molar-refractivity contribution in [2.75, 3.05) is 13.2 Å². The number of hydrogen-bond acceptors (Lipinski definition) is 5. The number of halogens is 3. The van der Waals surface area contributed by atoms with Crippen molar-refractivity contribution in [3.05, 3.63) is 104 Å². The quantitative estimate of drug-likeness (QED) is 0.337. The van der Waals surface area contributed by atoms with E-state index in [9.17, 15) is 24.6 Å². The van der Waals surface area contributed by atoms with Crippen LogP contribution >= 0.6 is 23.2 Å². The largest absolute Gasteiger partial charge is 0.481 e. The van der Waals surface area contributed by atoms with Gasteiger partial charge in [-0.3, -0.25) is 19.3 Å². The fraction of sp³-hybridized carbons (Fsp3) is 0.300. The van der Waals surface area contributed by atoms with E-state index in [1.807, 2.05) is 0 Å². The van der Waals surface area contributed by atoms with Gasteiger partial charge in [0.05, 0.1) is 23.1 Å². The molecule has 0 saturated carbocycles. The summed E-state index contributed by atoms with van der Waals surface area (Å²) < 4.78 is 21.4. The lowest BCUT2D eigenvalue weighted by Crippen LogP contribution is -2.49. The number of aliphatic carboxylic acids is 1. The molecule has 5 rings (SSSR count). The number of ether oxygens (including phenoxy) is 1. The Morgan fingerprint density at radius 3 is 2.17 bits per heavy atom. The summed E-state index contributed by atoms with van der Waals surface area (Å²) in [7, 11) is 0. The second kappa shape index (κ2) is 10.9. The number of ketones is 1. The minimum Gasteiger partial charge on any atom is -0.481 e. The third-order valence-corrected chi connectivity index (χ3v) is 8.22. The summed E-state index contributed by atoms with van der Waals surface area (Å²) in [5, 5.41) is 23.2. The van der Waals surface area contributed by atoms with Crippen LogP contribution < -0.4 is 0 Å². The molecular formula is C30H26Cl2FNO6. The molecule has 2 aliphatic rings. The highest BCUT2D eigenvalue weighted by molar-refractivity contribution is 6.30. The maximum absolute atomic E-state index is 16.1. The van der Waals surface area contributed by atoms with E-state index in [2.05, 4.69) is 0 Å². The second-order valence-corrected chi connectivity index (χ2v) is 11.0. The van der Waals surface area contributed by atoms with Crippen LogP contribution in [0.15, 0.2) is 60.7 Å². The highest BCUT2D eigenvalue weighted by Crippen LogP contribution is 2.50. The summed E-state index contributed by atoms with van der Waals surface area (Å²) in [5.74, 6) is -4.95. The minimum atomic E-state index is -2.42. The van der Waals surface area contributed by atoms with Gasteiger partial charge in [-0.1, -0.05) is 47.5 Å². The lowest BCUT2D eigenvalue weighted by molar-refractivity contribution is -0.147. The van der Waals surface area contributed by atoms with Crippen molar-refractivity contribution >= 4 is 40.9 Å². The highest BCUT2D eigenvalue weighted by Gasteiger charge is 2.56. The van der Waals surface area contributed by atoms with Gasteiger partial charge >= 0.3 is 5.97 Å². The molecule has 1 saturated heterocycles. The van der Waals surface area contributed by atoms with Crippen LogP contribution in [0.2, 0.25) is 10.0 Å². The molecule has 3 unspecified atom stereocenters. The van der Waals surface area contributed by atoms with Crippen LogP contribution in [0.4, 0.5) is 4.39 Å². The molecular weight excluding hydrogens is 560 g/mol. The summed E-state index contributed by atoms with van der Waals surface area (Å²) >= 11 is 12.2. The SMILES string of the molecule is CC(C(=O)O)C(c1ccc(Cl)cc1)N1C(=O)c2cc(C(=O)C3CCOCC3)cc(F)c2C1(O)c1ccc(Cl)cc1. The number of carbonyl (C=O) groups is 3. The molecule has 10 heteroatoms. The van der Waals surface area contributed by atoms with Gasteiger partial charge in [0, 0.05) is 40.3 Å². The van der Waals surface area contributed by atoms with Crippen molar-refractivity contribution in [2.45, 2.75) is 31.5 Å². The predicted octanol–water partition coefficient (Wildman–Crippen LogP) is 5.85. The maximum Gasteiger partial charge on any atom is 0.308 e. The molecule has 3 aromatic carbocycles.